The number of nitrogens with zero attached hydrogens (tertiary/aromatic N) is 1. The molecule has 7 heteroatoms. The normalized spacial score (nSPS) is 15.7. The van der Waals surface area contributed by atoms with Crippen molar-refractivity contribution in [3.8, 4) is 0 Å². The lowest BCUT2D eigenvalue weighted by atomic mass is 9.85. The molecular formula is C22H37FIN3O2. The highest BCUT2D eigenvalue weighted by Gasteiger charge is 2.20. The third kappa shape index (κ3) is 10.1. The monoisotopic (exact) mass is 521 g/mol. The SMILES string of the molecule is CCNC(=NCC(C)(C)c1ccc(F)cc1)NCCCOCC1CCOCC1.I. The summed E-state index contributed by atoms with van der Waals surface area (Å²) < 4.78 is 24.3. The number of guanidine groups is 1. The lowest BCUT2D eigenvalue weighted by Crippen LogP contribution is -2.39. The predicted molar refractivity (Wildman–Crippen MR) is 128 cm³/mol. The van der Waals surface area contributed by atoms with Crippen LogP contribution in [0.3, 0.4) is 0 Å². The standard InChI is InChI=1S/C22H36FN3O2.HI/c1-4-24-21(25-12-5-13-28-16-18-10-14-27-15-11-18)26-17-22(2,3)19-6-8-20(23)9-7-19;/h6-9,18H,4-5,10-17H2,1-3H3,(H2,24,25,26);1H. The maximum Gasteiger partial charge on any atom is 0.191 e. The van der Waals surface area contributed by atoms with Crippen LogP contribution in [0.25, 0.3) is 0 Å². The minimum atomic E-state index is -0.211. The molecule has 166 valence electrons. The molecule has 0 spiro atoms. The average Bonchev–Trinajstić information content (AvgIpc) is 2.70. The van der Waals surface area contributed by atoms with Crippen molar-refractivity contribution in [1.29, 1.82) is 0 Å². The van der Waals surface area contributed by atoms with Crippen LogP contribution in [0.4, 0.5) is 4.39 Å². The van der Waals surface area contributed by atoms with Crippen LogP contribution < -0.4 is 10.6 Å². The van der Waals surface area contributed by atoms with E-state index < -0.39 is 0 Å². The summed E-state index contributed by atoms with van der Waals surface area (Å²) in [6.07, 6.45) is 3.16. The Bertz CT molecular complexity index is 590. The zero-order valence-corrected chi connectivity index (χ0v) is 20.3. The molecule has 0 aromatic heterocycles. The van der Waals surface area contributed by atoms with Crippen LogP contribution in [0.1, 0.15) is 45.6 Å². The quantitative estimate of drug-likeness (QED) is 0.211. The molecule has 0 amide bonds. The van der Waals surface area contributed by atoms with Gasteiger partial charge >= 0.3 is 0 Å². The second kappa shape index (κ2) is 14.1. The predicted octanol–water partition coefficient (Wildman–Crippen LogP) is 4.11. The minimum absolute atomic E-state index is 0. The van der Waals surface area contributed by atoms with Gasteiger partial charge in [-0.3, -0.25) is 4.99 Å². The summed E-state index contributed by atoms with van der Waals surface area (Å²) in [4.78, 5) is 4.72. The lowest BCUT2D eigenvalue weighted by Gasteiger charge is -2.24. The van der Waals surface area contributed by atoms with Crippen LogP contribution in [0.2, 0.25) is 0 Å². The maximum atomic E-state index is 13.2. The number of ether oxygens (including phenoxy) is 2. The summed E-state index contributed by atoms with van der Waals surface area (Å²) >= 11 is 0. The van der Waals surface area contributed by atoms with Gasteiger partial charge in [0.15, 0.2) is 5.96 Å². The fourth-order valence-corrected chi connectivity index (χ4v) is 3.15. The lowest BCUT2D eigenvalue weighted by molar-refractivity contribution is 0.0203. The molecule has 1 aromatic rings. The Balaban J connectivity index is 0.00000420. The third-order valence-corrected chi connectivity index (χ3v) is 5.05. The summed E-state index contributed by atoms with van der Waals surface area (Å²) in [7, 11) is 0. The van der Waals surface area contributed by atoms with Gasteiger partial charge in [0.2, 0.25) is 0 Å². The number of hydrogen-bond donors (Lipinski definition) is 2. The van der Waals surface area contributed by atoms with Gasteiger partial charge in [-0.05, 0) is 49.8 Å². The first-order chi connectivity index (χ1) is 13.5. The molecule has 0 bridgehead atoms. The van der Waals surface area contributed by atoms with E-state index in [4.69, 9.17) is 14.5 Å². The van der Waals surface area contributed by atoms with Gasteiger partial charge in [-0.15, -0.1) is 24.0 Å². The Kier molecular flexibility index (Phi) is 12.7. The second-order valence-electron chi connectivity index (χ2n) is 8.00. The van der Waals surface area contributed by atoms with E-state index in [9.17, 15) is 4.39 Å². The third-order valence-electron chi connectivity index (χ3n) is 5.05. The first-order valence-corrected chi connectivity index (χ1v) is 10.4. The molecule has 2 N–H and O–H groups in total. The summed E-state index contributed by atoms with van der Waals surface area (Å²) in [6, 6.07) is 6.68. The van der Waals surface area contributed by atoms with Crippen molar-refractivity contribution in [2.45, 2.75) is 45.4 Å². The van der Waals surface area contributed by atoms with E-state index in [1.54, 1.807) is 0 Å². The van der Waals surface area contributed by atoms with Gasteiger partial charge in [-0.2, -0.15) is 0 Å². The number of hydrogen-bond acceptors (Lipinski definition) is 3. The van der Waals surface area contributed by atoms with Crippen molar-refractivity contribution in [2.24, 2.45) is 10.9 Å². The summed E-state index contributed by atoms with van der Waals surface area (Å²) in [6.45, 7) is 11.9. The Morgan fingerprint density at radius 1 is 1.21 bits per heavy atom. The van der Waals surface area contributed by atoms with Gasteiger partial charge < -0.3 is 20.1 Å². The Hall–Kier alpha value is -0.930. The zero-order chi connectivity index (χ0) is 20.2. The smallest absolute Gasteiger partial charge is 0.191 e. The highest BCUT2D eigenvalue weighted by atomic mass is 127. The molecule has 0 radical (unpaired) electrons. The number of nitrogens with one attached hydrogen (secondary N) is 2. The largest absolute Gasteiger partial charge is 0.381 e. The molecule has 1 saturated heterocycles. The van der Waals surface area contributed by atoms with Gasteiger partial charge in [-0.25, -0.2) is 4.39 Å². The van der Waals surface area contributed by atoms with E-state index in [0.717, 1.165) is 70.3 Å². The molecule has 1 fully saturated rings. The Morgan fingerprint density at radius 2 is 1.90 bits per heavy atom. The van der Waals surface area contributed by atoms with E-state index in [2.05, 4.69) is 31.4 Å². The highest BCUT2D eigenvalue weighted by molar-refractivity contribution is 14.0. The van der Waals surface area contributed by atoms with Crippen LogP contribution in [-0.2, 0) is 14.9 Å². The zero-order valence-electron chi connectivity index (χ0n) is 18.0. The Morgan fingerprint density at radius 3 is 2.55 bits per heavy atom. The number of benzene rings is 1. The highest BCUT2D eigenvalue weighted by Crippen LogP contribution is 2.23. The molecular weight excluding hydrogens is 484 g/mol. The van der Waals surface area contributed by atoms with Crippen molar-refractivity contribution in [2.75, 3.05) is 46.1 Å². The maximum absolute atomic E-state index is 13.2. The molecule has 1 aromatic carbocycles. The van der Waals surface area contributed by atoms with Crippen LogP contribution in [0.5, 0.6) is 0 Å². The van der Waals surface area contributed by atoms with Crippen molar-refractivity contribution in [3.63, 3.8) is 0 Å². The van der Waals surface area contributed by atoms with Crippen LogP contribution in [0.15, 0.2) is 29.3 Å². The molecule has 0 aliphatic carbocycles. The van der Waals surface area contributed by atoms with Gasteiger partial charge in [0.05, 0.1) is 6.54 Å². The van der Waals surface area contributed by atoms with Crippen molar-refractivity contribution >= 4 is 29.9 Å². The van der Waals surface area contributed by atoms with Gasteiger partial charge in [0.25, 0.3) is 0 Å². The molecule has 5 nitrogen and oxygen atoms in total. The molecule has 1 aliphatic rings. The van der Waals surface area contributed by atoms with Crippen molar-refractivity contribution in [1.82, 2.24) is 10.6 Å². The molecule has 2 rings (SSSR count). The van der Waals surface area contributed by atoms with Gasteiger partial charge in [0.1, 0.15) is 5.82 Å². The summed E-state index contributed by atoms with van der Waals surface area (Å²) in [5.41, 5.74) is 0.915. The second-order valence-corrected chi connectivity index (χ2v) is 8.00. The molecule has 1 heterocycles. The number of halogens is 2. The van der Waals surface area contributed by atoms with E-state index in [0.29, 0.717) is 12.5 Å². The summed E-state index contributed by atoms with van der Waals surface area (Å²) in [5.74, 6) is 1.24. The van der Waals surface area contributed by atoms with Crippen molar-refractivity contribution in [3.05, 3.63) is 35.6 Å². The fourth-order valence-electron chi connectivity index (χ4n) is 3.15. The van der Waals surface area contributed by atoms with E-state index in [1.807, 2.05) is 12.1 Å². The Labute approximate surface area is 192 Å². The number of aliphatic imine (C=N–C) groups is 1. The average molecular weight is 521 g/mol. The summed E-state index contributed by atoms with van der Waals surface area (Å²) in [5, 5.41) is 6.65. The molecule has 1 aliphatic heterocycles. The van der Waals surface area contributed by atoms with Crippen LogP contribution in [0, 0.1) is 11.7 Å². The first kappa shape index (κ1) is 26.1. The molecule has 0 saturated carbocycles. The van der Waals surface area contributed by atoms with E-state index >= 15 is 0 Å². The molecule has 0 atom stereocenters. The van der Waals surface area contributed by atoms with E-state index in [-0.39, 0.29) is 35.2 Å². The molecule has 29 heavy (non-hydrogen) atoms. The first-order valence-electron chi connectivity index (χ1n) is 10.4. The van der Waals surface area contributed by atoms with Crippen molar-refractivity contribution < 1.29 is 13.9 Å². The fraction of sp³-hybridized carbons (Fsp3) is 0.682. The van der Waals surface area contributed by atoms with E-state index in [1.165, 1.54) is 12.1 Å². The van der Waals surface area contributed by atoms with Gasteiger partial charge in [-0.1, -0.05) is 26.0 Å². The van der Waals surface area contributed by atoms with Gasteiger partial charge in [0, 0.05) is 44.9 Å². The number of rotatable bonds is 10. The van der Waals surface area contributed by atoms with Crippen LogP contribution >= 0.6 is 24.0 Å². The topological polar surface area (TPSA) is 54.9 Å². The van der Waals surface area contributed by atoms with Crippen LogP contribution in [-0.4, -0.2) is 52.0 Å². The minimum Gasteiger partial charge on any atom is -0.381 e. The molecule has 0 unspecified atom stereocenters.